The Balaban J connectivity index is 1.59. The molecular formula is C19H18N4O3S2. The number of hydrogen-bond acceptors (Lipinski definition) is 6. The van der Waals surface area contributed by atoms with Gasteiger partial charge in [0.1, 0.15) is 5.56 Å². The summed E-state index contributed by atoms with van der Waals surface area (Å²) in [5.41, 5.74) is 3.81. The van der Waals surface area contributed by atoms with Gasteiger partial charge in [-0.2, -0.15) is 0 Å². The number of thiazole rings is 1. The van der Waals surface area contributed by atoms with Crippen LogP contribution in [0.15, 0.2) is 39.4 Å². The molecule has 9 heteroatoms. The summed E-state index contributed by atoms with van der Waals surface area (Å²) in [5.74, 6) is -0.357. The summed E-state index contributed by atoms with van der Waals surface area (Å²) in [6.45, 7) is 1.19. The number of carbonyl (C=O) groups is 2. The molecule has 1 N–H and O–H groups in total. The van der Waals surface area contributed by atoms with E-state index in [1.165, 1.54) is 27.6 Å². The first-order chi connectivity index (χ1) is 13.5. The number of nitrogens with zero attached hydrogens (tertiary/aromatic N) is 3. The van der Waals surface area contributed by atoms with Crippen LogP contribution in [0.5, 0.6) is 0 Å². The molecule has 4 heterocycles. The number of nitrogens with one attached hydrogen (secondary N) is 1. The fourth-order valence-electron chi connectivity index (χ4n) is 3.34. The minimum atomic E-state index is -0.396. The summed E-state index contributed by atoms with van der Waals surface area (Å²) in [4.78, 5) is 48.8. The summed E-state index contributed by atoms with van der Waals surface area (Å²) in [7, 11) is 1.66. The molecule has 28 heavy (non-hydrogen) atoms. The van der Waals surface area contributed by atoms with Gasteiger partial charge in [0.05, 0.1) is 22.6 Å². The fraction of sp³-hybridized carbons (Fsp3) is 0.263. The van der Waals surface area contributed by atoms with Crippen LogP contribution < -0.4 is 5.56 Å². The predicted octanol–water partition coefficient (Wildman–Crippen LogP) is 2.36. The molecule has 1 aliphatic rings. The van der Waals surface area contributed by atoms with Gasteiger partial charge in [-0.15, -0.1) is 22.7 Å². The second-order valence-electron chi connectivity index (χ2n) is 6.59. The van der Waals surface area contributed by atoms with Crippen LogP contribution in [0, 0.1) is 0 Å². The van der Waals surface area contributed by atoms with Gasteiger partial charge in [-0.1, -0.05) is 6.07 Å². The van der Waals surface area contributed by atoms with Crippen LogP contribution in [0.25, 0.3) is 0 Å². The summed E-state index contributed by atoms with van der Waals surface area (Å²) in [5, 5.41) is 3.75. The van der Waals surface area contributed by atoms with Crippen molar-refractivity contribution < 1.29 is 9.59 Å². The van der Waals surface area contributed by atoms with Crippen molar-refractivity contribution in [2.24, 2.45) is 0 Å². The zero-order valence-electron chi connectivity index (χ0n) is 15.2. The van der Waals surface area contributed by atoms with Gasteiger partial charge in [-0.05, 0) is 29.0 Å². The number of aromatic nitrogens is 2. The Morgan fingerprint density at radius 2 is 2.25 bits per heavy atom. The molecule has 0 aromatic carbocycles. The van der Waals surface area contributed by atoms with Crippen molar-refractivity contribution in [3.8, 4) is 0 Å². The molecule has 144 valence electrons. The zero-order valence-corrected chi connectivity index (χ0v) is 16.8. The molecule has 0 saturated heterocycles. The molecule has 2 amide bonds. The maximum atomic E-state index is 13.0. The number of pyridine rings is 1. The minimum Gasteiger partial charge on any atom is -0.336 e. The summed E-state index contributed by atoms with van der Waals surface area (Å²) in [6.07, 6.45) is 2.09. The average Bonchev–Trinajstić information content (AvgIpc) is 3.40. The monoisotopic (exact) mass is 414 g/mol. The largest absolute Gasteiger partial charge is 0.336 e. The first kappa shape index (κ1) is 18.6. The molecule has 0 fully saturated rings. The molecule has 3 aromatic heterocycles. The van der Waals surface area contributed by atoms with Crippen molar-refractivity contribution in [3.63, 3.8) is 0 Å². The average molecular weight is 415 g/mol. The van der Waals surface area contributed by atoms with Gasteiger partial charge in [0.15, 0.2) is 0 Å². The zero-order chi connectivity index (χ0) is 19.7. The van der Waals surface area contributed by atoms with Gasteiger partial charge in [-0.25, -0.2) is 4.98 Å². The summed E-state index contributed by atoms with van der Waals surface area (Å²) >= 11 is 2.87. The van der Waals surface area contributed by atoms with Crippen LogP contribution in [0.3, 0.4) is 0 Å². The minimum absolute atomic E-state index is 0.0274. The van der Waals surface area contributed by atoms with Gasteiger partial charge in [0.2, 0.25) is 0 Å². The Hall–Kier alpha value is -2.78. The highest BCUT2D eigenvalue weighted by atomic mass is 32.1. The topological polar surface area (TPSA) is 86.4 Å². The number of carbonyl (C=O) groups excluding carboxylic acids is 2. The molecule has 0 spiro atoms. The van der Waals surface area contributed by atoms with Crippen molar-refractivity contribution in [1.82, 2.24) is 19.8 Å². The van der Waals surface area contributed by atoms with Gasteiger partial charge >= 0.3 is 0 Å². The smallest absolute Gasteiger partial charge is 0.264 e. The maximum absolute atomic E-state index is 13.0. The Labute approximate surface area is 169 Å². The number of rotatable bonds is 4. The third-order valence-corrected chi connectivity index (χ3v) is 6.24. The first-order valence-electron chi connectivity index (χ1n) is 8.73. The van der Waals surface area contributed by atoms with Crippen LogP contribution in [0.1, 0.15) is 36.9 Å². The van der Waals surface area contributed by atoms with Crippen molar-refractivity contribution in [2.45, 2.75) is 19.5 Å². The van der Waals surface area contributed by atoms with Crippen LogP contribution in [0.4, 0.5) is 0 Å². The number of fused-ring (bicyclic) bond motifs is 1. The number of amides is 2. The fourth-order valence-corrected chi connectivity index (χ4v) is 4.58. The van der Waals surface area contributed by atoms with E-state index in [2.05, 4.69) is 9.97 Å². The predicted molar refractivity (Wildman–Crippen MR) is 108 cm³/mol. The Morgan fingerprint density at radius 1 is 1.39 bits per heavy atom. The molecule has 0 atom stereocenters. The van der Waals surface area contributed by atoms with Gasteiger partial charge in [0.25, 0.3) is 17.4 Å². The van der Waals surface area contributed by atoms with E-state index in [1.54, 1.807) is 29.7 Å². The molecule has 0 aliphatic carbocycles. The van der Waals surface area contributed by atoms with Crippen LogP contribution in [-0.4, -0.2) is 45.2 Å². The molecule has 0 radical (unpaired) electrons. The lowest BCUT2D eigenvalue weighted by Crippen LogP contribution is -2.39. The molecule has 1 aliphatic heterocycles. The number of aromatic amines is 1. The number of H-pyrrole nitrogens is 1. The maximum Gasteiger partial charge on any atom is 0.264 e. The van der Waals surface area contributed by atoms with Crippen molar-refractivity contribution in [1.29, 1.82) is 0 Å². The van der Waals surface area contributed by atoms with Crippen molar-refractivity contribution in [3.05, 3.63) is 72.2 Å². The highest BCUT2D eigenvalue weighted by Crippen LogP contribution is 2.23. The van der Waals surface area contributed by atoms with E-state index in [0.717, 1.165) is 16.8 Å². The lowest BCUT2D eigenvalue weighted by Gasteiger charge is -2.30. The van der Waals surface area contributed by atoms with Crippen molar-refractivity contribution in [2.75, 3.05) is 13.6 Å². The highest BCUT2D eigenvalue weighted by molar-refractivity contribution is 7.12. The van der Waals surface area contributed by atoms with Crippen LogP contribution >= 0.6 is 22.7 Å². The van der Waals surface area contributed by atoms with E-state index >= 15 is 0 Å². The summed E-state index contributed by atoms with van der Waals surface area (Å²) < 4.78 is 0. The molecule has 0 saturated carbocycles. The number of hydrogen-bond donors (Lipinski definition) is 1. The van der Waals surface area contributed by atoms with E-state index in [-0.39, 0.29) is 17.4 Å². The third kappa shape index (κ3) is 3.50. The van der Waals surface area contributed by atoms with E-state index in [1.807, 2.05) is 16.8 Å². The quantitative estimate of drug-likeness (QED) is 0.710. The van der Waals surface area contributed by atoms with Gasteiger partial charge in [0, 0.05) is 31.7 Å². The Morgan fingerprint density at radius 3 is 2.96 bits per heavy atom. The van der Waals surface area contributed by atoms with E-state index < -0.39 is 5.56 Å². The Kier molecular flexibility index (Phi) is 5.10. The van der Waals surface area contributed by atoms with Gasteiger partial charge < -0.3 is 14.8 Å². The van der Waals surface area contributed by atoms with E-state index in [0.29, 0.717) is 30.9 Å². The SMILES string of the molecule is CN(Cc1cscn1)C(=O)c1c2c(c[nH]c1=O)CN(C(=O)c1cccs1)CC2. The molecular weight excluding hydrogens is 396 g/mol. The molecule has 3 aromatic rings. The van der Waals surface area contributed by atoms with Crippen molar-refractivity contribution >= 4 is 34.5 Å². The Bertz CT molecular complexity index is 1060. The lowest BCUT2D eigenvalue weighted by molar-refractivity contribution is 0.0738. The number of thiophene rings is 1. The van der Waals surface area contributed by atoms with Gasteiger partial charge in [-0.3, -0.25) is 14.4 Å². The lowest BCUT2D eigenvalue weighted by atomic mass is 9.96. The molecule has 0 bridgehead atoms. The molecule has 0 unspecified atom stereocenters. The van der Waals surface area contributed by atoms with Crippen LogP contribution in [0.2, 0.25) is 0 Å². The van der Waals surface area contributed by atoms with Crippen LogP contribution in [-0.2, 0) is 19.5 Å². The summed E-state index contributed by atoms with van der Waals surface area (Å²) in [6, 6.07) is 3.65. The second-order valence-corrected chi connectivity index (χ2v) is 8.26. The third-order valence-electron chi connectivity index (χ3n) is 4.75. The molecule has 7 nitrogen and oxygen atoms in total. The second kappa shape index (κ2) is 7.69. The highest BCUT2D eigenvalue weighted by Gasteiger charge is 2.28. The standard InChI is InChI=1S/C19H18N4O3S2/c1-22(9-13-10-27-11-21-13)19(26)16-14-4-5-23(8-12(14)7-20-17(16)24)18(25)15-3-2-6-28-15/h2-3,6-7,10-11H,4-5,8-9H2,1H3,(H,20,24). The van der Waals surface area contributed by atoms with E-state index in [4.69, 9.17) is 0 Å². The molecule has 4 rings (SSSR count). The van der Waals surface area contributed by atoms with E-state index in [9.17, 15) is 14.4 Å². The normalized spacial score (nSPS) is 13.2. The first-order valence-corrected chi connectivity index (χ1v) is 10.6.